The molecule has 174 valence electrons. The SMILES string of the molecule is NC(=O)C(=O)C(Cc1ccccc1)NC(=O)c1cn(C(F)F)nc1-c1cccc2oc(=O)[nH]c12. The molecule has 0 aliphatic rings. The highest BCUT2D eigenvalue weighted by Crippen LogP contribution is 2.29. The molecule has 0 fully saturated rings. The molecule has 0 aliphatic carbocycles. The molecule has 0 saturated heterocycles. The number of oxazole rings is 1. The topological polar surface area (TPSA) is 153 Å². The number of aromatic amines is 1. The van der Waals surface area contributed by atoms with Gasteiger partial charge in [0.15, 0.2) is 5.58 Å². The van der Waals surface area contributed by atoms with Gasteiger partial charge in [-0.1, -0.05) is 42.5 Å². The molecule has 2 amide bonds. The number of nitrogens with zero attached hydrogens (tertiary/aromatic N) is 2. The number of primary amides is 1. The smallest absolute Gasteiger partial charge is 0.408 e. The number of amides is 2. The monoisotopic (exact) mass is 469 g/mol. The molecule has 2 aromatic carbocycles. The van der Waals surface area contributed by atoms with Gasteiger partial charge in [-0.25, -0.2) is 9.48 Å². The van der Waals surface area contributed by atoms with Crippen molar-refractivity contribution in [1.29, 1.82) is 0 Å². The average molecular weight is 469 g/mol. The highest BCUT2D eigenvalue weighted by Gasteiger charge is 2.29. The van der Waals surface area contributed by atoms with Crippen molar-refractivity contribution in [3.8, 4) is 11.3 Å². The first-order valence-corrected chi connectivity index (χ1v) is 9.92. The Balaban J connectivity index is 1.75. The number of carbonyl (C=O) groups is 3. The molecule has 10 nitrogen and oxygen atoms in total. The molecule has 0 radical (unpaired) electrons. The van der Waals surface area contributed by atoms with Crippen LogP contribution in [0.3, 0.4) is 0 Å². The molecule has 2 heterocycles. The Morgan fingerprint density at radius 1 is 1.12 bits per heavy atom. The van der Waals surface area contributed by atoms with E-state index in [-0.39, 0.29) is 39.0 Å². The zero-order valence-corrected chi connectivity index (χ0v) is 17.3. The predicted octanol–water partition coefficient (Wildman–Crippen LogP) is 1.78. The summed E-state index contributed by atoms with van der Waals surface area (Å²) in [6, 6.07) is 11.6. The van der Waals surface area contributed by atoms with Gasteiger partial charge < -0.3 is 15.5 Å². The van der Waals surface area contributed by atoms with Gasteiger partial charge in [0.2, 0.25) is 5.78 Å². The number of nitrogens with two attached hydrogens (primary N) is 1. The minimum Gasteiger partial charge on any atom is -0.408 e. The number of carbonyl (C=O) groups excluding carboxylic acids is 3. The molecule has 2 aromatic heterocycles. The van der Waals surface area contributed by atoms with Crippen molar-refractivity contribution in [3.05, 3.63) is 76.4 Å². The van der Waals surface area contributed by atoms with Crippen molar-refractivity contribution >= 4 is 28.7 Å². The summed E-state index contributed by atoms with van der Waals surface area (Å²) in [6.07, 6.45) is 0.748. The van der Waals surface area contributed by atoms with Crippen LogP contribution < -0.4 is 16.8 Å². The van der Waals surface area contributed by atoms with E-state index in [1.807, 2.05) is 0 Å². The Morgan fingerprint density at radius 3 is 2.53 bits per heavy atom. The highest BCUT2D eigenvalue weighted by atomic mass is 19.3. The first-order chi connectivity index (χ1) is 16.2. The normalized spacial score (nSPS) is 12.1. The van der Waals surface area contributed by atoms with Crippen LogP contribution in [0.1, 0.15) is 22.5 Å². The van der Waals surface area contributed by atoms with E-state index in [9.17, 15) is 28.0 Å². The van der Waals surface area contributed by atoms with Crippen LogP contribution in [0, 0.1) is 0 Å². The van der Waals surface area contributed by atoms with Crippen molar-refractivity contribution in [2.24, 2.45) is 5.73 Å². The first-order valence-electron chi connectivity index (χ1n) is 9.92. The van der Waals surface area contributed by atoms with Crippen LogP contribution in [0.5, 0.6) is 0 Å². The fourth-order valence-electron chi connectivity index (χ4n) is 3.49. The minimum absolute atomic E-state index is 0.0582. The second kappa shape index (κ2) is 9.10. The standard InChI is InChI=1S/C22H17F2N5O5/c23-21(24)29-10-13(16(28-29)12-7-4-8-15-17(12)27-22(33)34-15)20(32)26-14(18(30)19(25)31)9-11-5-2-1-3-6-11/h1-8,10,14,21H,9H2,(H2,25,31)(H,26,32)(H,27,33). The lowest BCUT2D eigenvalue weighted by molar-refractivity contribution is -0.137. The Bertz CT molecular complexity index is 1440. The van der Waals surface area contributed by atoms with Crippen molar-refractivity contribution in [3.63, 3.8) is 0 Å². The second-order valence-corrected chi connectivity index (χ2v) is 7.29. The van der Waals surface area contributed by atoms with E-state index in [4.69, 9.17) is 10.2 Å². The third-order valence-electron chi connectivity index (χ3n) is 5.03. The van der Waals surface area contributed by atoms with Gasteiger partial charge in [0.1, 0.15) is 11.7 Å². The lowest BCUT2D eigenvalue weighted by Gasteiger charge is -2.16. The zero-order chi connectivity index (χ0) is 24.4. The molecule has 0 saturated carbocycles. The third kappa shape index (κ3) is 4.46. The maximum absolute atomic E-state index is 13.4. The summed E-state index contributed by atoms with van der Waals surface area (Å²) >= 11 is 0. The van der Waals surface area contributed by atoms with E-state index in [2.05, 4.69) is 15.4 Å². The number of Topliss-reactive ketones (excluding diaryl/α,β-unsaturated/α-hetero) is 1. The number of aromatic nitrogens is 3. The summed E-state index contributed by atoms with van der Waals surface area (Å²) in [5.74, 6) is -4.04. The number of para-hydroxylation sites is 1. The Morgan fingerprint density at radius 2 is 1.85 bits per heavy atom. The molecule has 12 heteroatoms. The number of alkyl halides is 2. The number of hydrogen-bond acceptors (Lipinski definition) is 6. The summed E-state index contributed by atoms with van der Waals surface area (Å²) in [6.45, 7) is -3.07. The molecular formula is C22H17F2N5O5. The van der Waals surface area contributed by atoms with Gasteiger partial charge in [-0.15, -0.1) is 0 Å². The van der Waals surface area contributed by atoms with Gasteiger partial charge in [0, 0.05) is 18.2 Å². The largest absolute Gasteiger partial charge is 0.417 e. The number of ketones is 1. The lowest BCUT2D eigenvalue weighted by Crippen LogP contribution is -2.47. The van der Waals surface area contributed by atoms with Crippen LogP contribution in [0.15, 0.2) is 63.9 Å². The Labute approximate surface area is 189 Å². The van der Waals surface area contributed by atoms with E-state index < -0.39 is 35.9 Å². The molecular weight excluding hydrogens is 452 g/mol. The Hall–Kier alpha value is -4.61. The number of rotatable bonds is 8. The van der Waals surface area contributed by atoms with Crippen LogP contribution >= 0.6 is 0 Å². The van der Waals surface area contributed by atoms with Crippen LogP contribution in [-0.2, 0) is 16.0 Å². The van der Waals surface area contributed by atoms with Gasteiger partial charge in [0.25, 0.3) is 11.8 Å². The van der Waals surface area contributed by atoms with Crippen molar-refractivity contribution in [2.75, 3.05) is 0 Å². The molecule has 1 unspecified atom stereocenters. The van der Waals surface area contributed by atoms with Crippen LogP contribution in [0.25, 0.3) is 22.4 Å². The first kappa shape index (κ1) is 22.6. The summed E-state index contributed by atoms with van der Waals surface area (Å²) in [4.78, 5) is 51.1. The quantitative estimate of drug-likeness (QED) is 0.334. The van der Waals surface area contributed by atoms with Gasteiger partial charge in [-0.2, -0.15) is 13.9 Å². The summed E-state index contributed by atoms with van der Waals surface area (Å²) < 4.78 is 32.1. The molecule has 34 heavy (non-hydrogen) atoms. The molecule has 4 N–H and O–H groups in total. The fraction of sp³-hybridized carbons (Fsp3) is 0.136. The summed E-state index contributed by atoms with van der Waals surface area (Å²) in [5.41, 5.74) is 5.69. The Kier molecular flexibility index (Phi) is 6.04. The lowest BCUT2D eigenvalue weighted by atomic mass is 10.0. The third-order valence-corrected chi connectivity index (χ3v) is 5.03. The fourth-order valence-corrected chi connectivity index (χ4v) is 3.49. The number of H-pyrrole nitrogens is 1. The molecule has 0 spiro atoms. The minimum atomic E-state index is -3.07. The maximum atomic E-state index is 13.4. The summed E-state index contributed by atoms with van der Waals surface area (Å²) in [5, 5.41) is 6.19. The molecule has 1 atom stereocenters. The van der Waals surface area contributed by atoms with E-state index in [0.29, 0.717) is 5.56 Å². The van der Waals surface area contributed by atoms with E-state index >= 15 is 0 Å². The average Bonchev–Trinajstić information content (AvgIpc) is 3.42. The van der Waals surface area contributed by atoms with Crippen molar-refractivity contribution < 1.29 is 27.6 Å². The zero-order valence-electron chi connectivity index (χ0n) is 17.3. The molecule has 4 aromatic rings. The van der Waals surface area contributed by atoms with Crippen molar-refractivity contribution in [1.82, 2.24) is 20.1 Å². The van der Waals surface area contributed by atoms with Crippen LogP contribution in [-0.4, -0.2) is 38.4 Å². The van der Waals surface area contributed by atoms with Gasteiger partial charge >= 0.3 is 12.3 Å². The van der Waals surface area contributed by atoms with Crippen molar-refractivity contribution in [2.45, 2.75) is 19.0 Å². The van der Waals surface area contributed by atoms with Crippen LogP contribution in [0.2, 0.25) is 0 Å². The highest BCUT2D eigenvalue weighted by molar-refractivity contribution is 6.38. The number of benzene rings is 2. The van der Waals surface area contributed by atoms with Crippen LogP contribution in [0.4, 0.5) is 8.78 Å². The number of fused-ring (bicyclic) bond motifs is 1. The number of hydrogen-bond donors (Lipinski definition) is 3. The molecule has 0 aliphatic heterocycles. The van der Waals surface area contributed by atoms with Gasteiger partial charge in [-0.05, 0) is 11.6 Å². The second-order valence-electron chi connectivity index (χ2n) is 7.29. The van der Waals surface area contributed by atoms with E-state index in [1.54, 1.807) is 30.3 Å². The molecule has 0 bridgehead atoms. The number of nitrogens with one attached hydrogen (secondary N) is 2. The predicted molar refractivity (Wildman–Crippen MR) is 115 cm³/mol. The molecule has 4 rings (SSSR count). The van der Waals surface area contributed by atoms with E-state index in [1.165, 1.54) is 18.2 Å². The van der Waals surface area contributed by atoms with E-state index in [0.717, 1.165) is 6.20 Å². The maximum Gasteiger partial charge on any atom is 0.417 e. The van der Waals surface area contributed by atoms with Gasteiger partial charge in [0.05, 0.1) is 11.1 Å². The van der Waals surface area contributed by atoms with Gasteiger partial charge in [-0.3, -0.25) is 19.4 Å². The number of halogens is 2. The summed E-state index contributed by atoms with van der Waals surface area (Å²) in [7, 11) is 0.